The van der Waals surface area contributed by atoms with Crippen LogP contribution in [0.5, 0.6) is 5.75 Å². The molecule has 0 unspecified atom stereocenters. The topological polar surface area (TPSA) is 45.7 Å². The number of pyridine rings is 1. The number of aromatic nitrogens is 1. The summed E-state index contributed by atoms with van der Waals surface area (Å²) in [6, 6.07) is 16.2. The number of carbonyl (C=O) groups excluding carboxylic acids is 1. The van der Waals surface area contributed by atoms with Gasteiger partial charge in [0.2, 0.25) is 0 Å². The number of anilines is 1. The molecule has 4 rings (SSSR count). The first kappa shape index (κ1) is 21.7. The number of hydrogen-bond donors (Lipinski definition) is 0. The summed E-state index contributed by atoms with van der Waals surface area (Å²) in [6.07, 6.45) is 4.68. The lowest BCUT2D eigenvalue weighted by Gasteiger charge is -2.35. The fraction of sp³-hybridized carbons (Fsp3) is 0.231. The maximum atomic E-state index is 14.3. The molecule has 3 aromatic rings. The number of ketones is 1. The zero-order valence-corrected chi connectivity index (χ0v) is 18.3. The van der Waals surface area contributed by atoms with Crippen LogP contribution >= 0.6 is 0 Å². The summed E-state index contributed by atoms with van der Waals surface area (Å²) in [5, 5.41) is 0. The van der Waals surface area contributed by atoms with E-state index >= 15 is 0 Å². The number of allylic oxidation sites excluding steroid dienone is 1. The van der Waals surface area contributed by atoms with Gasteiger partial charge in [0.05, 0.1) is 12.8 Å². The molecule has 0 radical (unpaired) electrons. The Bertz CT molecular complexity index is 1120. The van der Waals surface area contributed by atoms with Gasteiger partial charge in [-0.2, -0.15) is 0 Å². The highest BCUT2D eigenvalue weighted by molar-refractivity contribution is 6.11. The van der Waals surface area contributed by atoms with Crippen molar-refractivity contribution in [1.29, 1.82) is 0 Å². The van der Waals surface area contributed by atoms with E-state index in [0.29, 0.717) is 16.9 Å². The van der Waals surface area contributed by atoms with Crippen molar-refractivity contribution in [1.82, 2.24) is 9.88 Å². The van der Waals surface area contributed by atoms with E-state index in [1.807, 2.05) is 36.4 Å². The van der Waals surface area contributed by atoms with Gasteiger partial charge in [-0.25, -0.2) is 4.39 Å². The summed E-state index contributed by atoms with van der Waals surface area (Å²) in [6.45, 7) is 3.55. The predicted molar refractivity (Wildman–Crippen MR) is 126 cm³/mol. The first-order valence-electron chi connectivity index (χ1n) is 10.6. The van der Waals surface area contributed by atoms with Crippen molar-refractivity contribution >= 4 is 17.5 Å². The van der Waals surface area contributed by atoms with E-state index in [-0.39, 0.29) is 5.78 Å². The second-order valence-electron chi connectivity index (χ2n) is 7.82. The van der Waals surface area contributed by atoms with E-state index in [0.717, 1.165) is 43.1 Å². The van der Waals surface area contributed by atoms with Crippen LogP contribution in [0.4, 0.5) is 10.1 Å². The molecule has 0 amide bonds. The molecule has 0 spiro atoms. The minimum Gasteiger partial charge on any atom is -0.497 e. The molecular weight excluding hydrogens is 405 g/mol. The van der Waals surface area contributed by atoms with E-state index in [4.69, 9.17) is 4.74 Å². The molecule has 6 heteroatoms. The standard InChI is InChI=1S/C26H26FN3O2/c1-29-13-15-30(16-14-29)25-10-7-20(24-5-3-4-12-28-24)17-22(25)26(31)11-8-19-6-9-21(32-2)18-23(19)27/h3-12,17-18H,13-16H2,1-2H3. The Hall–Kier alpha value is -3.51. The smallest absolute Gasteiger partial charge is 0.187 e. The van der Waals surface area contributed by atoms with Crippen LogP contribution < -0.4 is 9.64 Å². The molecule has 0 atom stereocenters. The van der Waals surface area contributed by atoms with Crippen molar-refractivity contribution in [2.75, 3.05) is 45.2 Å². The summed E-state index contributed by atoms with van der Waals surface area (Å²) in [4.78, 5) is 22.2. The van der Waals surface area contributed by atoms with Gasteiger partial charge < -0.3 is 14.5 Å². The van der Waals surface area contributed by atoms with Crippen molar-refractivity contribution in [3.05, 3.63) is 83.8 Å². The third-order valence-electron chi connectivity index (χ3n) is 5.69. The molecule has 0 N–H and O–H groups in total. The third-order valence-corrected chi connectivity index (χ3v) is 5.69. The normalized spacial score (nSPS) is 14.7. The van der Waals surface area contributed by atoms with Crippen LogP contribution in [-0.4, -0.2) is 56.0 Å². The number of carbonyl (C=O) groups is 1. The van der Waals surface area contributed by atoms with Crippen LogP contribution in [0, 0.1) is 5.82 Å². The van der Waals surface area contributed by atoms with E-state index in [1.165, 1.54) is 25.3 Å². The number of benzene rings is 2. The zero-order valence-electron chi connectivity index (χ0n) is 18.3. The quantitative estimate of drug-likeness (QED) is 0.423. The highest BCUT2D eigenvalue weighted by Crippen LogP contribution is 2.29. The molecule has 32 heavy (non-hydrogen) atoms. The second-order valence-corrected chi connectivity index (χ2v) is 7.82. The molecule has 1 aliphatic rings. The second kappa shape index (κ2) is 9.75. The summed E-state index contributed by atoms with van der Waals surface area (Å²) in [7, 11) is 3.59. The minimum atomic E-state index is -0.435. The van der Waals surface area contributed by atoms with E-state index < -0.39 is 5.82 Å². The van der Waals surface area contributed by atoms with Crippen molar-refractivity contribution in [2.45, 2.75) is 0 Å². The molecule has 1 fully saturated rings. The van der Waals surface area contributed by atoms with Crippen LogP contribution in [-0.2, 0) is 0 Å². The molecule has 0 aliphatic carbocycles. The number of methoxy groups -OCH3 is 1. The highest BCUT2D eigenvalue weighted by atomic mass is 19.1. The summed E-state index contributed by atoms with van der Waals surface area (Å²) in [5.41, 5.74) is 3.49. The van der Waals surface area contributed by atoms with Crippen LogP contribution in [0.25, 0.3) is 17.3 Å². The first-order chi connectivity index (χ1) is 15.5. The molecule has 5 nitrogen and oxygen atoms in total. The van der Waals surface area contributed by atoms with Gasteiger partial charge in [-0.15, -0.1) is 0 Å². The van der Waals surface area contributed by atoms with Gasteiger partial charge in [-0.1, -0.05) is 12.1 Å². The fourth-order valence-electron chi connectivity index (χ4n) is 3.77. The van der Waals surface area contributed by atoms with Crippen LogP contribution in [0.15, 0.2) is 66.9 Å². The lowest BCUT2D eigenvalue weighted by Crippen LogP contribution is -2.45. The van der Waals surface area contributed by atoms with Gasteiger partial charge in [-0.05, 0) is 55.6 Å². The lowest BCUT2D eigenvalue weighted by atomic mass is 10.00. The number of nitrogens with zero attached hydrogens (tertiary/aromatic N) is 3. The Labute approximate surface area is 187 Å². The Morgan fingerprint density at radius 2 is 1.88 bits per heavy atom. The Morgan fingerprint density at radius 1 is 1.06 bits per heavy atom. The van der Waals surface area contributed by atoms with Gasteiger partial charge in [-0.3, -0.25) is 9.78 Å². The fourth-order valence-corrected chi connectivity index (χ4v) is 3.77. The number of likely N-dealkylation sites (N-methyl/N-ethyl adjacent to an activating group) is 1. The van der Waals surface area contributed by atoms with E-state index in [2.05, 4.69) is 21.8 Å². The number of rotatable bonds is 6. The average Bonchev–Trinajstić information content (AvgIpc) is 2.83. The Kier molecular flexibility index (Phi) is 6.61. The van der Waals surface area contributed by atoms with Gasteiger partial charge in [0.1, 0.15) is 11.6 Å². The molecule has 1 saturated heterocycles. The van der Waals surface area contributed by atoms with Crippen molar-refractivity contribution in [3.63, 3.8) is 0 Å². The highest BCUT2D eigenvalue weighted by Gasteiger charge is 2.20. The van der Waals surface area contributed by atoms with Crippen molar-refractivity contribution in [3.8, 4) is 17.0 Å². The molecule has 0 bridgehead atoms. The van der Waals surface area contributed by atoms with E-state index in [9.17, 15) is 9.18 Å². The molecule has 0 saturated carbocycles. The molecule has 1 aromatic heterocycles. The third kappa shape index (κ3) is 4.86. The average molecular weight is 432 g/mol. The zero-order chi connectivity index (χ0) is 22.5. The van der Waals surface area contributed by atoms with Crippen LogP contribution in [0.3, 0.4) is 0 Å². The van der Waals surface area contributed by atoms with Gasteiger partial charge in [0, 0.05) is 60.8 Å². The number of piperazine rings is 1. The molecule has 164 valence electrons. The van der Waals surface area contributed by atoms with E-state index in [1.54, 1.807) is 18.3 Å². The summed E-state index contributed by atoms with van der Waals surface area (Å²) < 4.78 is 19.4. The number of halogens is 1. The SMILES string of the molecule is COc1ccc(C=CC(=O)c2cc(-c3ccccn3)ccc2N2CCN(C)CC2)c(F)c1. The largest absolute Gasteiger partial charge is 0.497 e. The summed E-state index contributed by atoms with van der Waals surface area (Å²) in [5.74, 6) is -0.173. The molecule has 2 aromatic carbocycles. The van der Waals surface area contributed by atoms with Gasteiger partial charge in [0.25, 0.3) is 0 Å². The monoisotopic (exact) mass is 431 g/mol. The lowest BCUT2D eigenvalue weighted by molar-refractivity contribution is 0.104. The number of ether oxygens (including phenoxy) is 1. The van der Waals surface area contributed by atoms with Crippen LogP contribution in [0.1, 0.15) is 15.9 Å². The molecule has 1 aliphatic heterocycles. The Morgan fingerprint density at radius 3 is 2.56 bits per heavy atom. The predicted octanol–water partition coefficient (Wildman–Crippen LogP) is 4.54. The summed E-state index contributed by atoms with van der Waals surface area (Å²) >= 11 is 0. The minimum absolute atomic E-state index is 0.174. The first-order valence-corrected chi connectivity index (χ1v) is 10.6. The van der Waals surface area contributed by atoms with Gasteiger partial charge >= 0.3 is 0 Å². The van der Waals surface area contributed by atoms with Crippen molar-refractivity contribution < 1.29 is 13.9 Å². The van der Waals surface area contributed by atoms with Gasteiger partial charge in [0.15, 0.2) is 5.78 Å². The maximum absolute atomic E-state index is 14.3. The number of hydrogen-bond acceptors (Lipinski definition) is 5. The molecule has 2 heterocycles. The maximum Gasteiger partial charge on any atom is 0.187 e. The Balaban J connectivity index is 1.68. The van der Waals surface area contributed by atoms with Crippen molar-refractivity contribution in [2.24, 2.45) is 0 Å². The molecular formula is C26H26FN3O2. The van der Waals surface area contributed by atoms with Crippen LogP contribution in [0.2, 0.25) is 0 Å².